The molecule has 3 rings (SSSR count). The number of benzene rings is 2. The van der Waals surface area contributed by atoms with E-state index in [0.29, 0.717) is 16.6 Å². The molecule has 0 spiro atoms. The number of nitrogens with zero attached hydrogens (tertiary/aromatic N) is 1. The Morgan fingerprint density at radius 1 is 1.20 bits per heavy atom. The van der Waals surface area contributed by atoms with Crippen molar-refractivity contribution in [2.45, 2.75) is 19.8 Å². The Kier molecular flexibility index (Phi) is 6.36. The summed E-state index contributed by atoms with van der Waals surface area (Å²) in [4.78, 5) is 25.8. The zero-order chi connectivity index (χ0) is 22.2. The molecule has 9 heteroatoms. The molecule has 1 atom stereocenters. The lowest BCUT2D eigenvalue weighted by molar-refractivity contribution is -0.122. The number of nitrogens with one attached hydrogen (secondary N) is 1. The Hall–Kier alpha value is -2.61. The van der Waals surface area contributed by atoms with Gasteiger partial charge in [-0.2, -0.15) is 0 Å². The average Bonchev–Trinajstić information content (AvgIpc) is 2.98. The van der Waals surface area contributed by atoms with Crippen molar-refractivity contribution < 1.29 is 24.2 Å². The highest BCUT2D eigenvalue weighted by atomic mass is 35.5. The number of carbonyl (C=O) groups excluding carboxylic acids is 2. The van der Waals surface area contributed by atoms with Crippen LogP contribution >= 0.6 is 23.2 Å². The summed E-state index contributed by atoms with van der Waals surface area (Å²) < 4.78 is 15.4. The van der Waals surface area contributed by atoms with Crippen LogP contribution in [0.5, 0.6) is 5.75 Å². The second kappa shape index (κ2) is 8.63. The van der Waals surface area contributed by atoms with E-state index in [4.69, 9.17) is 28.3 Å². The van der Waals surface area contributed by atoms with E-state index in [1.165, 1.54) is 28.8 Å². The van der Waals surface area contributed by atoms with E-state index < -0.39 is 23.4 Å². The maximum Gasteiger partial charge on any atom is 0.262 e. The van der Waals surface area contributed by atoms with Crippen LogP contribution in [0.15, 0.2) is 30.3 Å². The van der Waals surface area contributed by atoms with Gasteiger partial charge in [0, 0.05) is 29.3 Å². The number of phenols is 1. The van der Waals surface area contributed by atoms with Crippen molar-refractivity contribution in [3.8, 4) is 5.75 Å². The molecule has 1 amide bonds. The van der Waals surface area contributed by atoms with Gasteiger partial charge in [0.25, 0.3) is 5.91 Å². The molecule has 0 fully saturated rings. The first-order chi connectivity index (χ1) is 14.2. The van der Waals surface area contributed by atoms with Crippen molar-refractivity contribution in [3.05, 3.63) is 63.0 Å². The van der Waals surface area contributed by atoms with Gasteiger partial charge in [-0.15, -0.1) is 0 Å². The molecule has 1 heterocycles. The minimum absolute atomic E-state index is 0.0724. The monoisotopic (exact) mass is 452 g/mol. The Morgan fingerprint density at radius 3 is 2.53 bits per heavy atom. The lowest BCUT2D eigenvalue weighted by atomic mass is 9.97. The van der Waals surface area contributed by atoms with Gasteiger partial charge < -0.3 is 15.5 Å². The fourth-order valence-corrected chi connectivity index (χ4v) is 3.78. The first-order valence-electron chi connectivity index (χ1n) is 9.09. The predicted molar refractivity (Wildman–Crippen MR) is 113 cm³/mol. The second-order valence-corrected chi connectivity index (χ2v) is 7.64. The topological polar surface area (TPSA) is 91.6 Å². The largest absolute Gasteiger partial charge is 0.505 e. The molecule has 0 saturated heterocycles. The van der Waals surface area contributed by atoms with Crippen LogP contribution in [0.25, 0.3) is 10.9 Å². The highest BCUT2D eigenvalue weighted by molar-refractivity contribution is 6.42. The summed E-state index contributed by atoms with van der Waals surface area (Å²) in [6.07, 6.45) is 0. The summed E-state index contributed by atoms with van der Waals surface area (Å²) in [6.45, 7) is 3.11. The van der Waals surface area contributed by atoms with E-state index in [-0.39, 0.29) is 40.2 Å². The number of carbonyl (C=O) groups is 2. The number of rotatable bonds is 5. The van der Waals surface area contributed by atoms with E-state index in [1.807, 2.05) is 0 Å². The summed E-state index contributed by atoms with van der Waals surface area (Å²) >= 11 is 12.0. The number of halogens is 3. The number of aromatic hydroxyl groups is 1. The number of aromatic nitrogens is 1. The van der Waals surface area contributed by atoms with Gasteiger partial charge in [0.15, 0.2) is 11.6 Å². The molecular weight excluding hydrogens is 434 g/mol. The number of aliphatic hydroxyl groups is 1. The molecule has 0 aliphatic carbocycles. The summed E-state index contributed by atoms with van der Waals surface area (Å²) in [5.74, 6) is -3.09. The molecule has 0 bridgehead atoms. The SMILES string of the molecule is Cc1c(C(C)C(=O)NCCO)c2cc(O)c(F)cc2n1C(=O)c1ccc(Cl)c(Cl)c1. The predicted octanol–water partition coefficient (Wildman–Crippen LogP) is 4.00. The fourth-order valence-electron chi connectivity index (χ4n) is 3.48. The van der Waals surface area contributed by atoms with Gasteiger partial charge in [0.2, 0.25) is 5.91 Å². The quantitative estimate of drug-likeness (QED) is 0.545. The van der Waals surface area contributed by atoms with Gasteiger partial charge in [0.05, 0.1) is 28.1 Å². The standard InChI is InChI=1S/C21H19Cl2FN2O4/c1-10(20(29)25-5-6-27)19-11(2)26(17-9-16(24)18(28)8-13(17)19)21(30)12-3-4-14(22)15(23)7-12/h3-4,7-10,27-28H,5-6H2,1-2H3,(H,25,29). The summed E-state index contributed by atoms with van der Waals surface area (Å²) in [5, 5.41) is 22.3. The van der Waals surface area contributed by atoms with Crippen LogP contribution in [0, 0.1) is 12.7 Å². The van der Waals surface area contributed by atoms with Gasteiger partial charge in [-0.25, -0.2) is 4.39 Å². The summed E-state index contributed by atoms with van der Waals surface area (Å²) in [6, 6.07) is 6.63. The van der Waals surface area contributed by atoms with Crippen molar-refractivity contribution in [1.82, 2.24) is 9.88 Å². The van der Waals surface area contributed by atoms with E-state index >= 15 is 0 Å². The van der Waals surface area contributed by atoms with Crippen LogP contribution in [-0.4, -0.2) is 39.7 Å². The van der Waals surface area contributed by atoms with Gasteiger partial charge in [-0.3, -0.25) is 14.2 Å². The molecule has 0 aliphatic rings. The van der Waals surface area contributed by atoms with Crippen LogP contribution in [0.2, 0.25) is 10.0 Å². The molecule has 0 aliphatic heterocycles. The third-order valence-corrected chi connectivity index (χ3v) is 5.67. The molecule has 1 aromatic heterocycles. The first kappa shape index (κ1) is 22.1. The molecule has 3 aromatic rings. The van der Waals surface area contributed by atoms with Crippen LogP contribution in [0.4, 0.5) is 4.39 Å². The lowest BCUT2D eigenvalue weighted by Crippen LogP contribution is -2.30. The normalized spacial score (nSPS) is 12.2. The Balaban J connectivity index is 2.23. The van der Waals surface area contributed by atoms with Crippen LogP contribution in [0.1, 0.15) is 34.5 Å². The molecule has 0 saturated carbocycles. The van der Waals surface area contributed by atoms with Crippen LogP contribution in [0.3, 0.4) is 0 Å². The first-order valence-corrected chi connectivity index (χ1v) is 9.84. The highest BCUT2D eigenvalue weighted by Gasteiger charge is 2.27. The minimum atomic E-state index is -0.896. The third kappa shape index (κ3) is 3.88. The second-order valence-electron chi connectivity index (χ2n) is 6.83. The molecule has 158 valence electrons. The molecule has 0 radical (unpaired) electrons. The Labute approximate surface area is 181 Å². The zero-order valence-electron chi connectivity index (χ0n) is 16.2. The molecule has 1 unspecified atom stereocenters. The van der Waals surface area contributed by atoms with Crippen molar-refractivity contribution >= 4 is 45.9 Å². The smallest absolute Gasteiger partial charge is 0.262 e. The van der Waals surface area contributed by atoms with Gasteiger partial charge in [-0.1, -0.05) is 23.2 Å². The zero-order valence-corrected chi connectivity index (χ0v) is 17.7. The number of amides is 1. The molecule has 3 N–H and O–H groups in total. The maximum atomic E-state index is 14.2. The van der Waals surface area contributed by atoms with Crippen LogP contribution in [-0.2, 0) is 4.79 Å². The van der Waals surface area contributed by atoms with Gasteiger partial charge in [-0.05, 0) is 43.7 Å². The van der Waals surface area contributed by atoms with E-state index in [2.05, 4.69) is 5.32 Å². The van der Waals surface area contributed by atoms with Crippen molar-refractivity contribution in [2.75, 3.05) is 13.2 Å². The number of hydrogen-bond donors (Lipinski definition) is 3. The maximum absolute atomic E-state index is 14.2. The van der Waals surface area contributed by atoms with Gasteiger partial charge >= 0.3 is 0 Å². The third-order valence-electron chi connectivity index (χ3n) is 4.93. The number of hydrogen-bond acceptors (Lipinski definition) is 4. The molecule has 6 nitrogen and oxygen atoms in total. The van der Waals surface area contributed by atoms with Crippen molar-refractivity contribution in [2.24, 2.45) is 0 Å². The Bertz CT molecular complexity index is 1160. The molecule has 30 heavy (non-hydrogen) atoms. The Morgan fingerprint density at radius 2 is 1.90 bits per heavy atom. The van der Waals surface area contributed by atoms with Crippen molar-refractivity contribution in [3.63, 3.8) is 0 Å². The lowest BCUT2D eigenvalue weighted by Gasteiger charge is -2.13. The fraction of sp³-hybridized carbons (Fsp3) is 0.238. The van der Waals surface area contributed by atoms with E-state index in [9.17, 15) is 19.1 Å². The number of aliphatic hydroxyl groups excluding tert-OH is 1. The molecular formula is C21H19Cl2FN2O4. The van der Waals surface area contributed by atoms with E-state index in [0.717, 1.165) is 6.07 Å². The summed E-state index contributed by atoms with van der Waals surface area (Å²) in [7, 11) is 0. The molecule has 2 aromatic carbocycles. The average molecular weight is 453 g/mol. The van der Waals surface area contributed by atoms with Crippen molar-refractivity contribution in [1.29, 1.82) is 0 Å². The van der Waals surface area contributed by atoms with Gasteiger partial charge in [0.1, 0.15) is 0 Å². The summed E-state index contributed by atoms with van der Waals surface area (Å²) in [5.41, 5.74) is 1.30. The van der Waals surface area contributed by atoms with Crippen LogP contribution < -0.4 is 5.32 Å². The highest BCUT2D eigenvalue weighted by Crippen LogP contribution is 2.36. The minimum Gasteiger partial charge on any atom is -0.505 e. The number of fused-ring (bicyclic) bond motifs is 1. The number of phenolic OH excluding ortho intramolecular Hbond substituents is 1. The van der Waals surface area contributed by atoms with E-state index in [1.54, 1.807) is 13.8 Å².